The predicted octanol–water partition coefficient (Wildman–Crippen LogP) is 1.79. The lowest BCUT2D eigenvalue weighted by molar-refractivity contribution is -0.122. The van der Waals surface area contributed by atoms with Crippen LogP contribution in [0, 0.1) is 0 Å². The van der Waals surface area contributed by atoms with E-state index in [9.17, 15) is 9.59 Å². The highest BCUT2D eigenvalue weighted by atomic mass is 35.5. The van der Waals surface area contributed by atoms with Crippen molar-refractivity contribution in [2.24, 2.45) is 0 Å². The van der Waals surface area contributed by atoms with Crippen molar-refractivity contribution >= 4 is 23.4 Å². The molecular formula is C18H24ClN3O4. The Morgan fingerprint density at radius 2 is 2.04 bits per heavy atom. The number of carbonyl (C=O) groups is 2. The van der Waals surface area contributed by atoms with Crippen LogP contribution in [0.2, 0.25) is 5.02 Å². The van der Waals surface area contributed by atoms with Gasteiger partial charge in [-0.15, -0.1) is 0 Å². The van der Waals surface area contributed by atoms with Crippen molar-refractivity contribution in [2.75, 3.05) is 33.0 Å². The van der Waals surface area contributed by atoms with Crippen molar-refractivity contribution in [3.8, 4) is 11.5 Å². The molecule has 2 aliphatic heterocycles. The Balaban J connectivity index is 1.48. The zero-order valence-electron chi connectivity index (χ0n) is 14.8. The molecule has 3 rings (SSSR count). The minimum absolute atomic E-state index is 0.0596. The number of carbonyl (C=O) groups excluding carboxylic acids is 2. The quantitative estimate of drug-likeness (QED) is 0.785. The first-order chi connectivity index (χ1) is 12.6. The molecule has 0 bridgehead atoms. The molecule has 142 valence electrons. The molecule has 2 heterocycles. The molecule has 1 saturated heterocycles. The smallest absolute Gasteiger partial charge is 0.251 e. The molecule has 0 aliphatic carbocycles. The largest absolute Gasteiger partial charge is 0.454 e. The second-order valence-electron chi connectivity index (χ2n) is 6.57. The normalized spacial score (nSPS) is 17.2. The van der Waals surface area contributed by atoms with Gasteiger partial charge in [-0.1, -0.05) is 18.5 Å². The lowest BCUT2D eigenvalue weighted by Gasteiger charge is -2.31. The lowest BCUT2D eigenvalue weighted by Crippen LogP contribution is -2.47. The number of nitrogens with zero attached hydrogens (tertiary/aromatic N) is 1. The number of rotatable bonds is 6. The first-order valence-corrected chi connectivity index (χ1v) is 9.33. The van der Waals surface area contributed by atoms with E-state index in [1.165, 1.54) is 0 Å². The van der Waals surface area contributed by atoms with Gasteiger partial charge in [0.05, 0.1) is 11.6 Å². The number of benzene rings is 1. The molecule has 1 aromatic carbocycles. The maximum atomic E-state index is 12.5. The number of fused-ring (bicyclic) bond motifs is 1. The van der Waals surface area contributed by atoms with Crippen LogP contribution in [-0.4, -0.2) is 55.7 Å². The third-order valence-electron chi connectivity index (χ3n) is 4.55. The number of ether oxygens (including phenoxy) is 2. The van der Waals surface area contributed by atoms with Crippen molar-refractivity contribution in [3.05, 3.63) is 22.7 Å². The van der Waals surface area contributed by atoms with E-state index in [1.54, 1.807) is 12.1 Å². The maximum absolute atomic E-state index is 12.5. The van der Waals surface area contributed by atoms with Gasteiger partial charge < -0.3 is 20.1 Å². The number of hydrogen-bond acceptors (Lipinski definition) is 5. The average molecular weight is 382 g/mol. The fourth-order valence-corrected chi connectivity index (χ4v) is 3.39. The fraction of sp³-hybridized carbons (Fsp3) is 0.556. The molecule has 0 saturated carbocycles. The van der Waals surface area contributed by atoms with Crippen LogP contribution in [0.1, 0.15) is 36.5 Å². The summed E-state index contributed by atoms with van der Waals surface area (Å²) in [5, 5.41) is 6.30. The molecule has 2 N–H and O–H groups in total. The Kier molecular flexibility index (Phi) is 6.21. The molecule has 2 aliphatic rings. The molecule has 1 fully saturated rings. The molecule has 0 atom stereocenters. The number of likely N-dealkylation sites (tertiary alicyclic amines) is 1. The second kappa shape index (κ2) is 8.60. The lowest BCUT2D eigenvalue weighted by atomic mass is 10.0. The van der Waals surface area contributed by atoms with E-state index in [-0.39, 0.29) is 24.6 Å². The third kappa shape index (κ3) is 4.59. The predicted molar refractivity (Wildman–Crippen MR) is 97.8 cm³/mol. The van der Waals surface area contributed by atoms with Gasteiger partial charge in [0.25, 0.3) is 5.91 Å². The van der Waals surface area contributed by atoms with Crippen molar-refractivity contribution < 1.29 is 19.1 Å². The Morgan fingerprint density at radius 3 is 2.77 bits per heavy atom. The van der Waals surface area contributed by atoms with Gasteiger partial charge in [0, 0.05) is 31.2 Å². The number of amides is 2. The molecule has 7 nitrogen and oxygen atoms in total. The summed E-state index contributed by atoms with van der Waals surface area (Å²) in [5.74, 6) is 0.863. The number of hydrogen-bond donors (Lipinski definition) is 2. The molecule has 0 aromatic heterocycles. The second-order valence-corrected chi connectivity index (χ2v) is 6.97. The van der Waals surface area contributed by atoms with Gasteiger partial charge >= 0.3 is 0 Å². The van der Waals surface area contributed by atoms with Crippen molar-refractivity contribution in [1.82, 2.24) is 15.5 Å². The van der Waals surface area contributed by atoms with Crippen LogP contribution in [0.25, 0.3) is 0 Å². The topological polar surface area (TPSA) is 79.9 Å². The summed E-state index contributed by atoms with van der Waals surface area (Å²) in [6, 6.07) is 3.33. The Bertz CT molecular complexity index is 675. The van der Waals surface area contributed by atoms with Crippen molar-refractivity contribution in [1.29, 1.82) is 0 Å². The number of nitrogens with one attached hydrogen (secondary N) is 2. The minimum Gasteiger partial charge on any atom is -0.454 e. The maximum Gasteiger partial charge on any atom is 0.251 e. The minimum atomic E-state index is -0.177. The molecular weight excluding hydrogens is 358 g/mol. The van der Waals surface area contributed by atoms with E-state index in [1.807, 2.05) is 6.92 Å². The van der Waals surface area contributed by atoms with Crippen LogP contribution in [0.15, 0.2) is 12.1 Å². The van der Waals surface area contributed by atoms with E-state index >= 15 is 0 Å². The molecule has 0 spiro atoms. The van der Waals surface area contributed by atoms with Crippen LogP contribution < -0.4 is 20.1 Å². The summed E-state index contributed by atoms with van der Waals surface area (Å²) < 4.78 is 10.6. The van der Waals surface area contributed by atoms with Crippen LogP contribution in [0.3, 0.4) is 0 Å². The average Bonchev–Trinajstić information content (AvgIpc) is 3.11. The van der Waals surface area contributed by atoms with Gasteiger partial charge in [-0.3, -0.25) is 14.5 Å². The summed E-state index contributed by atoms with van der Waals surface area (Å²) in [5.41, 5.74) is 0.459. The molecule has 0 radical (unpaired) electrons. The first-order valence-electron chi connectivity index (χ1n) is 8.96. The summed E-state index contributed by atoms with van der Waals surface area (Å²) >= 11 is 6.14. The van der Waals surface area contributed by atoms with Crippen molar-refractivity contribution in [2.45, 2.75) is 32.2 Å². The zero-order valence-corrected chi connectivity index (χ0v) is 15.6. The van der Waals surface area contributed by atoms with Gasteiger partial charge in [0.2, 0.25) is 12.7 Å². The molecule has 1 aromatic rings. The highest BCUT2D eigenvalue weighted by Gasteiger charge is 2.24. The number of halogens is 1. The molecule has 26 heavy (non-hydrogen) atoms. The van der Waals surface area contributed by atoms with Gasteiger partial charge in [0.15, 0.2) is 11.5 Å². The van der Waals surface area contributed by atoms with Gasteiger partial charge in [0.1, 0.15) is 0 Å². The monoisotopic (exact) mass is 381 g/mol. The summed E-state index contributed by atoms with van der Waals surface area (Å²) in [6.07, 6.45) is 2.56. The number of piperidine rings is 1. The van der Waals surface area contributed by atoms with E-state index < -0.39 is 0 Å². The molecule has 0 unspecified atom stereocenters. The highest BCUT2D eigenvalue weighted by Crippen LogP contribution is 2.39. The standard InChI is InChI=1S/C18H24ClN3O4/c1-2-5-20-16(23)10-22-6-3-13(4-7-22)21-18(24)12-8-14(19)17-15(9-12)25-11-26-17/h8-9,13H,2-7,10-11H2,1H3,(H,20,23)(H,21,24). The van der Waals surface area contributed by atoms with Crippen LogP contribution in [-0.2, 0) is 4.79 Å². The van der Waals surface area contributed by atoms with Crippen LogP contribution >= 0.6 is 11.6 Å². The van der Waals surface area contributed by atoms with Crippen LogP contribution in [0.5, 0.6) is 11.5 Å². The molecule has 2 amide bonds. The van der Waals surface area contributed by atoms with E-state index in [2.05, 4.69) is 15.5 Å². The Hall–Kier alpha value is -1.99. The summed E-state index contributed by atoms with van der Waals surface area (Å²) in [4.78, 5) is 26.4. The van der Waals surface area contributed by atoms with Gasteiger partial charge in [-0.25, -0.2) is 0 Å². The van der Waals surface area contributed by atoms with E-state index in [4.69, 9.17) is 21.1 Å². The summed E-state index contributed by atoms with van der Waals surface area (Å²) in [6.45, 7) is 4.84. The van der Waals surface area contributed by atoms with Crippen molar-refractivity contribution in [3.63, 3.8) is 0 Å². The van der Waals surface area contributed by atoms with E-state index in [0.29, 0.717) is 35.2 Å². The van der Waals surface area contributed by atoms with E-state index in [0.717, 1.165) is 32.4 Å². The van der Waals surface area contributed by atoms with Gasteiger partial charge in [-0.2, -0.15) is 0 Å². The third-order valence-corrected chi connectivity index (χ3v) is 4.83. The fourth-order valence-electron chi connectivity index (χ4n) is 3.13. The summed E-state index contributed by atoms with van der Waals surface area (Å²) in [7, 11) is 0. The SMILES string of the molecule is CCCNC(=O)CN1CCC(NC(=O)c2cc(Cl)c3c(c2)OCO3)CC1. The van der Waals surface area contributed by atoms with Gasteiger partial charge in [-0.05, 0) is 31.4 Å². The Labute approximate surface area is 158 Å². The molecule has 8 heteroatoms. The zero-order chi connectivity index (χ0) is 18.5. The highest BCUT2D eigenvalue weighted by molar-refractivity contribution is 6.32. The van der Waals surface area contributed by atoms with Crippen LogP contribution in [0.4, 0.5) is 0 Å². The Morgan fingerprint density at radius 1 is 1.27 bits per heavy atom. The first kappa shape index (κ1) is 18.8.